The molecule has 0 aliphatic rings. The first-order valence-electron chi connectivity index (χ1n) is 5.94. The molecule has 7 heteroatoms. The van der Waals surface area contributed by atoms with Gasteiger partial charge in [-0.05, 0) is 40.8 Å². The van der Waals surface area contributed by atoms with E-state index in [0.717, 1.165) is 12.8 Å². The van der Waals surface area contributed by atoms with Crippen LogP contribution in [0.4, 0.5) is 11.4 Å². The zero-order valence-corrected chi connectivity index (χ0v) is 12.9. The zero-order chi connectivity index (χ0) is 14.4. The highest BCUT2D eigenvalue weighted by atomic mass is 79.9. The van der Waals surface area contributed by atoms with Gasteiger partial charge in [-0.1, -0.05) is 18.5 Å². The summed E-state index contributed by atoms with van der Waals surface area (Å²) in [6, 6.07) is 2.94. The number of benzene rings is 1. The van der Waals surface area contributed by atoms with Crippen LogP contribution in [-0.2, 0) is 0 Å². The molecule has 1 atom stereocenters. The maximum atomic E-state index is 11.0. The predicted molar refractivity (Wildman–Crippen MR) is 79.8 cm³/mol. The van der Waals surface area contributed by atoms with Gasteiger partial charge in [0.05, 0.1) is 9.95 Å². The lowest BCUT2D eigenvalue weighted by atomic mass is 10.1. The first kappa shape index (κ1) is 16.2. The van der Waals surface area contributed by atoms with E-state index in [9.17, 15) is 10.1 Å². The molecular weight excluding hydrogens is 336 g/mol. The van der Waals surface area contributed by atoms with Crippen molar-refractivity contribution in [1.29, 1.82) is 0 Å². The molecule has 0 saturated heterocycles. The maximum Gasteiger partial charge on any atom is 0.293 e. The third-order valence-corrected chi connectivity index (χ3v) is 3.93. The second kappa shape index (κ2) is 7.67. The summed E-state index contributed by atoms with van der Waals surface area (Å²) in [5, 5.41) is 23.2. The summed E-state index contributed by atoms with van der Waals surface area (Å²) >= 11 is 9.12. The Kier molecular flexibility index (Phi) is 6.54. The lowest BCUT2D eigenvalue weighted by Gasteiger charge is -2.13. The van der Waals surface area contributed by atoms with Crippen molar-refractivity contribution < 1.29 is 10.0 Å². The first-order valence-corrected chi connectivity index (χ1v) is 7.11. The summed E-state index contributed by atoms with van der Waals surface area (Å²) < 4.78 is 0.500. The molecule has 0 bridgehead atoms. The van der Waals surface area contributed by atoms with Gasteiger partial charge >= 0.3 is 0 Å². The minimum Gasteiger partial charge on any atom is -0.396 e. The topological polar surface area (TPSA) is 75.4 Å². The van der Waals surface area contributed by atoms with Crippen LogP contribution in [0.1, 0.15) is 19.8 Å². The van der Waals surface area contributed by atoms with Gasteiger partial charge in [0.15, 0.2) is 0 Å². The number of rotatable bonds is 7. The monoisotopic (exact) mass is 350 g/mol. The highest BCUT2D eigenvalue weighted by Crippen LogP contribution is 2.34. The SMILES string of the molecule is C[C@H](CCCO)CNc1cc(Cl)c(Br)cc1[N+](=O)[O-]. The third kappa shape index (κ3) is 4.97. The number of hydrogen-bond donors (Lipinski definition) is 2. The molecule has 5 nitrogen and oxygen atoms in total. The Hall–Kier alpha value is -0.850. The average Bonchev–Trinajstić information content (AvgIpc) is 2.36. The van der Waals surface area contributed by atoms with E-state index in [0.29, 0.717) is 27.6 Å². The van der Waals surface area contributed by atoms with Crippen LogP contribution >= 0.6 is 27.5 Å². The number of nitro groups is 1. The minimum absolute atomic E-state index is 0.00867. The van der Waals surface area contributed by atoms with Gasteiger partial charge < -0.3 is 10.4 Å². The largest absolute Gasteiger partial charge is 0.396 e. The Morgan fingerprint density at radius 1 is 1.58 bits per heavy atom. The van der Waals surface area contributed by atoms with Crippen LogP contribution < -0.4 is 5.32 Å². The van der Waals surface area contributed by atoms with E-state index in [4.69, 9.17) is 16.7 Å². The van der Waals surface area contributed by atoms with Gasteiger partial charge in [-0.3, -0.25) is 10.1 Å². The van der Waals surface area contributed by atoms with Crippen LogP contribution in [0.2, 0.25) is 5.02 Å². The molecule has 0 unspecified atom stereocenters. The van der Waals surface area contributed by atoms with Crippen molar-refractivity contribution in [3.63, 3.8) is 0 Å². The molecule has 19 heavy (non-hydrogen) atoms. The standard InChI is InChI=1S/C12H16BrClN2O3/c1-8(3-2-4-17)7-15-11-6-10(14)9(13)5-12(11)16(18)19/h5-6,8,15,17H,2-4,7H2,1H3/t8-/m1/s1. The molecule has 0 heterocycles. The number of hydrogen-bond acceptors (Lipinski definition) is 4. The van der Waals surface area contributed by atoms with E-state index in [-0.39, 0.29) is 12.3 Å². The number of anilines is 1. The Morgan fingerprint density at radius 2 is 2.26 bits per heavy atom. The Bertz CT molecular complexity index is 457. The minimum atomic E-state index is -0.443. The van der Waals surface area contributed by atoms with Crippen LogP contribution in [-0.4, -0.2) is 23.2 Å². The molecule has 0 amide bonds. The van der Waals surface area contributed by atoms with Gasteiger partial charge in [-0.15, -0.1) is 0 Å². The van der Waals surface area contributed by atoms with Crippen molar-refractivity contribution in [3.8, 4) is 0 Å². The number of halogens is 2. The van der Waals surface area contributed by atoms with Crippen LogP contribution in [0.15, 0.2) is 16.6 Å². The summed E-state index contributed by atoms with van der Waals surface area (Å²) in [6.07, 6.45) is 1.59. The van der Waals surface area contributed by atoms with Crippen molar-refractivity contribution in [2.75, 3.05) is 18.5 Å². The first-order chi connectivity index (χ1) is 8.95. The van der Waals surface area contributed by atoms with Gasteiger partial charge in [-0.2, -0.15) is 0 Å². The molecular formula is C12H16BrClN2O3. The van der Waals surface area contributed by atoms with Crippen molar-refractivity contribution in [3.05, 3.63) is 31.7 Å². The summed E-state index contributed by atoms with van der Waals surface area (Å²) in [5.41, 5.74) is 0.402. The summed E-state index contributed by atoms with van der Waals surface area (Å²) in [7, 11) is 0. The summed E-state index contributed by atoms with van der Waals surface area (Å²) in [4.78, 5) is 10.5. The van der Waals surface area contributed by atoms with E-state index in [1.807, 2.05) is 6.92 Å². The second-order valence-electron chi connectivity index (χ2n) is 4.39. The van der Waals surface area contributed by atoms with Crippen molar-refractivity contribution in [2.45, 2.75) is 19.8 Å². The number of nitrogens with zero attached hydrogens (tertiary/aromatic N) is 1. The molecule has 106 valence electrons. The quantitative estimate of drug-likeness (QED) is 0.578. The fourth-order valence-corrected chi connectivity index (χ4v) is 2.15. The molecule has 0 aliphatic heterocycles. The zero-order valence-electron chi connectivity index (χ0n) is 10.5. The van der Waals surface area contributed by atoms with E-state index in [1.165, 1.54) is 6.07 Å². The van der Waals surface area contributed by atoms with E-state index < -0.39 is 4.92 Å². The van der Waals surface area contributed by atoms with Gasteiger partial charge in [0.1, 0.15) is 5.69 Å². The molecule has 0 spiro atoms. The highest BCUT2D eigenvalue weighted by molar-refractivity contribution is 9.10. The second-order valence-corrected chi connectivity index (χ2v) is 5.65. The van der Waals surface area contributed by atoms with Crippen molar-refractivity contribution >= 4 is 38.9 Å². The highest BCUT2D eigenvalue weighted by Gasteiger charge is 2.17. The smallest absolute Gasteiger partial charge is 0.293 e. The molecule has 2 N–H and O–H groups in total. The van der Waals surface area contributed by atoms with Crippen LogP contribution in [0.25, 0.3) is 0 Å². The van der Waals surface area contributed by atoms with Crippen LogP contribution in [0.5, 0.6) is 0 Å². The molecule has 1 aromatic carbocycles. The van der Waals surface area contributed by atoms with Gasteiger partial charge in [0.2, 0.25) is 0 Å². The molecule has 0 saturated carbocycles. The fourth-order valence-electron chi connectivity index (χ4n) is 1.65. The van der Waals surface area contributed by atoms with Gasteiger partial charge in [-0.25, -0.2) is 0 Å². The summed E-state index contributed by atoms with van der Waals surface area (Å²) in [5.74, 6) is 0.314. The number of nitrogens with one attached hydrogen (secondary N) is 1. The van der Waals surface area contributed by atoms with Crippen LogP contribution in [0, 0.1) is 16.0 Å². The normalized spacial score (nSPS) is 12.2. The maximum absolute atomic E-state index is 11.0. The number of aliphatic hydroxyl groups excluding tert-OH is 1. The lowest BCUT2D eigenvalue weighted by Crippen LogP contribution is -2.12. The Labute approximate surface area is 125 Å². The third-order valence-electron chi connectivity index (χ3n) is 2.73. The van der Waals surface area contributed by atoms with E-state index >= 15 is 0 Å². The predicted octanol–water partition coefficient (Wildman–Crippen LogP) is 3.83. The molecule has 1 rings (SSSR count). The Balaban J connectivity index is 2.77. The van der Waals surface area contributed by atoms with E-state index in [1.54, 1.807) is 6.07 Å². The van der Waals surface area contributed by atoms with Crippen molar-refractivity contribution in [2.24, 2.45) is 5.92 Å². The van der Waals surface area contributed by atoms with E-state index in [2.05, 4.69) is 21.2 Å². The van der Waals surface area contributed by atoms with Crippen molar-refractivity contribution in [1.82, 2.24) is 0 Å². The fraction of sp³-hybridized carbons (Fsp3) is 0.500. The molecule has 0 aromatic heterocycles. The van der Waals surface area contributed by atoms with Gasteiger partial charge in [0, 0.05) is 23.7 Å². The number of aliphatic hydroxyl groups is 1. The van der Waals surface area contributed by atoms with Crippen LogP contribution in [0.3, 0.4) is 0 Å². The molecule has 1 aromatic rings. The number of nitro benzene ring substituents is 1. The molecule has 0 aliphatic carbocycles. The summed E-state index contributed by atoms with van der Waals surface area (Å²) in [6.45, 7) is 2.78. The molecule has 0 radical (unpaired) electrons. The Morgan fingerprint density at radius 3 is 2.84 bits per heavy atom. The average molecular weight is 352 g/mol. The molecule has 0 fully saturated rings. The van der Waals surface area contributed by atoms with Gasteiger partial charge in [0.25, 0.3) is 5.69 Å². The lowest BCUT2D eigenvalue weighted by molar-refractivity contribution is -0.384.